The summed E-state index contributed by atoms with van der Waals surface area (Å²) in [7, 11) is 0. The third-order valence-corrected chi connectivity index (χ3v) is 2.99. The van der Waals surface area contributed by atoms with E-state index < -0.39 is 0 Å². The highest BCUT2D eigenvalue weighted by Crippen LogP contribution is 2.22. The van der Waals surface area contributed by atoms with Gasteiger partial charge in [0.25, 0.3) is 0 Å². The summed E-state index contributed by atoms with van der Waals surface area (Å²) in [5, 5.41) is 0. The molecule has 3 nitrogen and oxygen atoms in total. The first-order chi connectivity index (χ1) is 7.08. The molecule has 0 radical (unpaired) electrons. The van der Waals surface area contributed by atoms with Crippen molar-refractivity contribution in [1.82, 2.24) is 9.97 Å². The van der Waals surface area contributed by atoms with Crippen LogP contribution in [0.15, 0.2) is 22.7 Å². The van der Waals surface area contributed by atoms with Crippen LogP contribution in [0.1, 0.15) is 25.7 Å². The van der Waals surface area contributed by atoms with E-state index in [2.05, 4.69) is 39.7 Å². The van der Waals surface area contributed by atoms with Crippen molar-refractivity contribution < 1.29 is 0 Å². The molecule has 0 bridgehead atoms. The molecule has 0 aliphatic carbocycles. The van der Waals surface area contributed by atoms with Crippen LogP contribution in [-0.2, 0) is 0 Å². The number of hydrogen-bond acceptors (Lipinski definition) is 2. The topological polar surface area (TPSA) is 54.7 Å². The highest BCUT2D eigenvalue weighted by molar-refractivity contribution is 9.10. The van der Waals surface area contributed by atoms with Gasteiger partial charge in [-0.05, 0) is 24.1 Å². The number of rotatable bonds is 2. The van der Waals surface area contributed by atoms with Crippen LogP contribution in [0.2, 0.25) is 0 Å². The Morgan fingerprint density at radius 3 is 2.80 bits per heavy atom. The second kappa shape index (κ2) is 3.94. The van der Waals surface area contributed by atoms with Crippen LogP contribution < -0.4 is 5.73 Å². The number of fused-ring (bicyclic) bond motifs is 1. The molecule has 4 heteroatoms. The van der Waals surface area contributed by atoms with E-state index in [1.807, 2.05) is 18.2 Å². The van der Waals surface area contributed by atoms with Gasteiger partial charge in [0.2, 0.25) is 0 Å². The molecule has 2 rings (SSSR count). The highest BCUT2D eigenvalue weighted by atomic mass is 79.9. The van der Waals surface area contributed by atoms with Crippen LogP contribution in [-0.4, -0.2) is 9.97 Å². The first kappa shape index (κ1) is 10.6. The van der Waals surface area contributed by atoms with Crippen LogP contribution >= 0.6 is 15.9 Å². The quantitative estimate of drug-likeness (QED) is 0.879. The number of halogens is 1. The Bertz CT molecular complexity index is 476. The zero-order valence-corrected chi connectivity index (χ0v) is 10.4. The SMILES string of the molecule is CC(C)C(N)c1nc2ccc(Br)cc2[nH]1. The Labute approximate surface area is 97.2 Å². The second-order valence-electron chi connectivity index (χ2n) is 4.05. The lowest BCUT2D eigenvalue weighted by molar-refractivity contribution is 0.495. The number of aromatic amines is 1. The van der Waals surface area contributed by atoms with Crippen LogP contribution in [0.5, 0.6) is 0 Å². The van der Waals surface area contributed by atoms with Gasteiger partial charge in [-0.15, -0.1) is 0 Å². The minimum atomic E-state index is -0.0313. The zero-order valence-electron chi connectivity index (χ0n) is 8.79. The molecule has 1 aromatic carbocycles. The van der Waals surface area contributed by atoms with Crippen molar-refractivity contribution in [3.8, 4) is 0 Å². The number of nitrogens with two attached hydrogens (primary N) is 1. The van der Waals surface area contributed by atoms with E-state index in [-0.39, 0.29) is 6.04 Å². The van der Waals surface area contributed by atoms with Gasteiger partial charge in [-0.1, -0.05) is 29.8 Å². The number of benzene rings is 1. The Morgan fingerprint density at radius 2 is 2.13 bits per heavy atom. The molecular formula is C11H14BrN3. The maximum atomic E-state index is 6.03. The van der Waals surface area contributed by atoms with E-state index in [9.17, 15) is 0 Å². The number of aromatic nitrogens is 2. The molecule has 80 valence electrons. The Balaban J connectivity index is 2.47. The van der Waals surface area contributed by atoms with Gasteiger partial charge in [0.15, 0.2) is 0 Å². The van der Waals surface area contributed by atoms with Gasteiger partial charge in [0, 0.05) is 4.47 Å². The molecule has 1 aromatic heterocycles. The molecule has 3 N–H and O–H groups in total. The van der Waals surface area contributed by atoms with E-state index in [1.54, 1.807) is 0 Å². The predicted octanol–water partition coefficient (Wildman–Crippen LogP) is 2.98. The van der Waals surface area contributed by atoms with Gasteiger partial charge in [0.1, 0.15) is 5.82 Å². The monoisotopic (exact) mass is 267 g/mol. The third-order valence-electron chi connectivity index (χ3n) is 2.50. The molecule has 2 aromatic rings. The Kier molecular flexibility index (Phi) is 2.80. The van der Waals surface area contributed by atoms with Crippen molar-refractivity contribution in [2.45, 2.75) is 19.9 Å². The van der Waals surface area contributed by atoms with Gasteiger partial charge in [0.05, 0.1) is 17.1 Å². The van der Waals surface area contributed by atoms with E-state index >= 15 is 0 Å². The Hall–Kier alpha value is -0.870. The predicted molar refractivity (Wildman–Crippen MR) is 65.6 cm³/mol. The zero-order chi connectivity index (χ0) is 11.0. The molecule has 0 amide bonds. The third kappa shape index (κ3) is 2.06. The number of hydrogen-bond donors (Lipinski definition) is 2. The second-order valence-corrected chi connectivity index (χ2v) is 4.97. The van der Waals surface area contributed by atoms with E-state index in [0.717, 1.165) is 21.3 Å². The summed E-state index contributed by atoms with van der Waals surface area (Å²) in [5.74, 6) is 1.24. The fraction of sp³-hybridized carbons (Fsp3) is 0.364. The first-order valence-corrected chi connectivity index (χ1v) is 5.78. The van der Waals surface area contributed by atoms with Crippen LogP contribution in [0.4, 0.5) is 0 Å². The van der Waals surface area contributed by atoms with Crippen LogP contribution in [0, 0.1) is 5.92 Å². The lowest BCUT2D eigenvalue weighted by Crippen LogP contribution is -2.17. The summed E-state index contributed by atoms with van der Waals surface area (Å²) in [6.45, 7) is 4.18. The molecular weight excluding hydrogens is 254 g/mol. The lowest BCUT2D eigenvalue weighted by Gasteiger charge is -2.11. The molecule has 15 heavy (non-hydrogen) atoms. The molecule has 0 saturated carbocycles. The summed E-state index contributed by atoms with van der Waals surface area (Å²) in [5.41, 5.74) is 8.02. The van der Waals surface area contributed by atoms with Crippen molar-refractivity contribution in [3.63, 3.8) is 0 Å². The summed E-state index contributed by atoms with van der Waals surface area (Å²) in [6.07, 6.45) is 0. The average molecular weight is 268 g/mol. The van der Waals surface area contributed by atoms with Crippen molar-refractivity contribution in [2.75, 3.05) is 0 Å². The maximum absolute atomic E-state index is 6.03. The molecule has 1 unspecified atom stereocenters. The number of nitrogens with one attached hydrogen (secondary N) is 1. The van der Waals surface area contributed by atoms with Gasteiger partial charge in [-0.3, -0.25) is 0 Å². The summed E-state index contributed by atoms with van der Waals surface area (Å²) < 4.78 is 1.04. The van der Waals surface area contributed by atoms with Crippen molar-refractivity contribution in [1.29, 1.82) is 0 Å². The minimum absolute atomic E-state index is 0.0313. The number of nitrogens with zero attached hydrogens (tertiary/aromatic N) is 1. The standard InChI is InChI=1S/C11H14BrN3/c1-6(2)10(13)11-14-8-4-3-7(12)5-9(8)15-11/h3-6,10H,13H2,1-2H3,(H,14,15). The average Bonchev–Trinajstić information content (AvgIpc) is 2.58. The molecule has 0 saturated heterocycles. The summed E-state index contributed by atoms with van der Waals surface area (Å²) in [6, 6.07) is 5.94. The fourth-order valence-corrected chi connectivity index (χ4v) is 1.84. The van der Waals surface area contributed by atoms with E-state index in [0.29, 0.717) is 5.92 Å². The highest BCUT2D eigenvalue weighted by Gasteiger charge is 2.14. The van der Waals surface area contributed by atoms with Gasteiger partial charge in [-0.2, -0.15) is 0 Å². The Morgan fingerprint density at radius 1 is 1.40 bits per heavy atom. The van der Waals surface area contributed by atoms with Gasteiger partial charge in [-0.25, -0.2) is 4.98 Å². The van der Waals surface area contributed by atoms with Crippen molar-refractivity contribution in [2.24, 2.45) is 11.7 Å². The molecule has 1 heterocycles. The fourth-order valence-electron chi connectivity index (χ4n) is 1.48. The van der Waals surface area contributed by atoms with E-state index in [1.165, 1.54) is 0 Å². The normalized spacial score (nSPS) is 13.7. The molecule has 1 atom stereocenters. The maximum Gasteiger partial charge on any atom is 0.124 e. The van der Waals surface area contributed by atoms with Crippen molar-refractivity contribution >= 4 is 27.0 Å². The van der Waals surface area contributed by atoms with Crippen LogP contribution in [0.25, 0.3) is 11.0 Å². The molecule has 0 fully saturated rings. The first-order valence-electron chi connectivity index (χ1n) is 4.98. The van der Waals surface area contributed by atoms with Crippen molar-refractivity contribution in [3.05, 3.63) is 28.5 Å². The van der Waals surface area contributed by atoms with Crippen LogP contribution in [0.3, 0.4) is 0 Å². The number of imidazole rings is 1. The van der Waals surface area contributed by atoms with Gasteiger partial charge < -0.3 is 10.7 Å². The summed E-state index contributed by atoms with van der Waals surface area (Å²) in [4.78, 5) is 7.72. The van der Waals surface area contributed by atoms with E-state index in [4.69, 9.17) is 5.73 Å². The molecule has 0 aliphatic rings. The summed E-state index contributed by atoms with van der Waals surface area (Å²) >= 11 is 3.43. The lowest BCUT2D eigenvalue weighted by atomic mass is 10.1. The van der Waals surface area contributed by atoms with Gasteiger partial charge >= 0.3 is 0 Å². The smallest absolute Gasteiger partial charge is 0.124 e. The molecule has 0 spiro atoms. The molecule has 0 aliphatic heterocycles. The largest absolute Gasteiger partial charge is 0.341 e. The minimum Gasteiger partial charge on any atom is -0.341 e. The number of H-pyrrole nitrogens is 1.